The molecule has 3 heterocycles. The summed E-state index contributed by atoms with van der Waals surface area (Å²) >= 11 is 0. The zero-order valence-corrected chi connectivity index (χ0v) is 15.7. The maximum absolute atomic E-state index is 12.9. The quantitative estimate of drug-likeness (QED) is 0.768. The van der Waals surface area contributed by atoms with Crippen molar-refractivity contribution in [3.05, 3.63) is 53.9 Å². The van der Waals surface area contributed by atoms with Crippen LogP contribution in [0.2, 0.25) is 0 Å². The number of benzene rings is 1. The molecule has 154 valence electrons. The van der Waals surface area contributed by atoms with Gasteiger partial charge in [-0.25, -0.2) is 9.97 Å². The van der Waals surface area contributed by atoms with Gasteiger partial charge in [-0.2, -0.15) is 13.2 Å². The summed E-state index contributed by atoms with van der Waals surface area (Å²) in [4.78, 5) is 25.0. The highest BCUT2D eigenvalue weighted by Gasteiger charge is 2.41. The Morgan fingerprint density at radius 1 is 1.07 bits per heavy atom. The van der Waals surface area contributed by atoms with E-state index < -0.39 is 17.3 Å². The van der Waals surface area contributed by atoms with Crippen LogP contribution in [0.1, 0.15) is 28.8 Å². The SMILES string of the molecule is O=C(c1cccc(C(F)(F)F)c1)N1CCC2(CC1)CN(c1ncccn1)CCO2. The number of likely N-dealkylation sites (tertiary alicyclic amines) is 1. The first-order valence-electron chi connectivity index (χ1n) is 9.49. The largest absolute Gasteiger partial charge is 0.416 e. The summed E-state index contributed by atoms with van der Waals surface area (Å²) in [6.07, 6.45) is 0.144. The van der Waals surface area contributed by atoms with E-state index in [1.165, 1.54) is 12.1 Å². The molecule has 2 aromatic rings. The van der Waals surface area contributed by atoms with Crippen LogP contribution >= 0.6 is 0 Å². The van der Waals surface area contributed by atoms with Gasteiger partial charge < -0.3 is 14.5 Å². The Balaban J connectivity index is 1.42. The van der Waals surface area contributed by atoms with E-state index in [2.05, 4.69) is 14.9 Å². The Morgan fingerprint density at radius 3 is 2.48 bits per heavy atom. The maximum atomic E-state index is 12.9. The lowest BCUT2D eigenvalue weighted by molar-refractivity contribution is -0.137. The zero-order chi connectivity index (χ0) is 20.5. The van der Waals surface area contributed by atoms with Gasteiger partial charge in [0.15, 0.2) is 0 Å². The average molecular weight is 406 g/mol. The second-order valence-corrected chi connectivity index (χ2v) is 7.37. The van der Waals surface area contributed by atoms with E-state index in [0.717, 1.165) is 12.1 Å². The Kier molecular flexibility index (Phi) is 5.16. The molecule has 6 nitrogen and oxygen atoms in total. The third-order valence-corrected chi connectivity index (χ3v) is 5.48. The number of amides is 1. The van der Waals surface area contributed by atoms with E-state index in [1.807, 2.05) is 0 Å². The third kappa shape index (κ3) is 4.19. The van der Waals surface area contributed by atoms with Gasteiger partial charge in [0, 0.05) is 37.6 Å². The summed E-state index contributed by atoms with van der Waals surface area (Å²) in [5.74, 6) is 0.266. The predicted molar refractivity (Wildman–Crippen MR) is 99.5 cm³/mol. The minimum absolute atomic E-state index is 0.0552. The van der Waals surface area contributed by atoms with E-state index in [9.17, 15) is 18.0 Å². The molecule has 0 aliphatic carbocycles. The van der Waals surface area contributed by atoms with Crippen LogP contribution in [0, 0.1) is 0 Å². The van der Waals surface area contributed by atoms with Gasteiger partial charge >= 0.3 is 6.18 Å². The van der Waals surface area contributed by atoms with Gasteiger partial charge in [0.2, 0.25) is 5.95 Å². The molecule has 1 aromatic carbocycles. The normalized spacial score (nSPS) is 19.4. The molecule has 9 heteroatoms. The summed E-state index contributed by atoms with van der Waals surface area (Å²) in [6.45, 7) is 2.72. The van der Waals surface area contributed by atoms with Gasteiger partial charge in [0.05, 0.1) is 24.3 Å². The second-order valence-electron chi connectivity index (χ2n) is 7.37. The van der Waals surface area contributed by atoms with Crippen LogP contribution < -0.4 is 4.90 Å². The monoisotopic (exact) mass is 406 g/mol. The van der Waals surface area contributed by atoms with Crippen molar-refractivity contribution in [2.24, 2.45) is 0 Å². The fourth-order valence-electron chi connectivity index (χ4n) is 3.90. The molecular formula is C20H21F3N4O2. The summed E-state index contributed by atoms with van der Waals surface area (Å²) in [7, 11) is 0. The molecule has 1 amide bonds. The van der Waals surface area contributed by atoms with Crippen LogP contribution in [0.3, 0.4) is 0 Å². The number of halogens is 3. The highest BCUT2D eigenvalue weighted by atomic mass is 19.4. The number of ether oxygens (including phenoxy) is 1. The van der Waals surface area contributed by atoms with Gasteiger partial charge in [-0.3, -0.25) is 4.79 Å². The Hall–Kier alpha value is -2.68. The lowest BCUT2D eigenvalue weighted by Crippen LogP contribution is -2.58. The van der Waals surface area contributed by atoms with Crippen molar-refractivity contribution in [2.45, 2.75) is 24.6 Å². The maximum Gasteiger partial charge on any atom is 0.416 e. The van der Waals surface area contributed by atoms with Crippen LogP contribution in [-0.4, -0.2) is 59.2 Å². The van der Waals surface area contributed by atoms with Crippen molar-refractivity contribution in [1.29, 1.82) is 0 Å². The number of rotatable bonds is 2. The van der Waals surface area contributed by atoms with Crippen molar-refractivity contribution in [3.63, 3.8) is 0 Å². The number of carbonyl (C=O) groups is 1. The molecule has 4 rings (SSSR count). The molecule has 2 saturated heterocycles. The van der Waals surface area contributed by atoms with Crippen molar-refractivity contribution in [1.82, 2.24) is 14.9 Å². The Morgan fingerprint density at radius 2 is 1.79 bits per heavy atom. The van der Waals surface area contributed by atoms with Crippen LogP contribution in [0.25, 0.3) is 0 Å². The molecule has 2 fully saturated rings. The topological polar surface area (TPSA) is 58.6 Å². The minimum atomic E-state index is -4.47. The first kappa shape index (κ1) is 19.6. The Labute approximate surface area is 166 Å². The fourth-order valence-corrected chi connectivity index (χ4v) is 3.90. The van der Waals surface area contributed by atoms with Gasteiger partial charge in [-0.05, 0) is 37.1 Å². The molecule has 0 N–H and O–H groups in total. The van der Waals surface area contributed by atoms with E-state index in [4.69, 9.17) is 4.74 Å². The van der Waals surface area contributed by atoms with Gasteiger partial charge in [0.25, 0.3) is 5.91 Å². The smallest absolute Gasteiger partial charge is 0.371 e. The molecule has 0 atom stereocenters. The summed E-state index contributed by atoms with van der Waals surface area (Å²) in [6, 6.07) is 6.34. The van der Waals surface area contributed by atoms with Crippen LogP contribution in [0.15, 0.2) is 42.7 Å². The zero-order valence-electron chi connectivity index (χ0n) is 15.7. The highest BCUT2D eigenvalue weighted by molar-refractivity contribution is 5.94. The highest BCUT2D eigenvalue weighted by Crippen LogP contribution is 2.33. The third-order valence-electron chi connectivity index (χ3n) is 5.48. The number of alkyl halides is 3. The predicted octanol–water partition coefficient (Wildman–Crippen LogP) is 3.01. The number of piperidine rings is 1. The fraction of sp³-hybridized carbons (Fsp3) is 0.450. The second kappa shape index (κ2) is 7.62. The molecule has 2 aliphatic rings. The molecule has 1 spiro atoms. The van der Waals surface area contributed by atoms with Crippen molar-refractivity contribution in [2.75, 3.05) is 37.7 Å². The van der Waals surface area contributed by atoms with E-state index >= 15 is 0 Å². The number of morpholine rings is 1. The summed E-state index contributed by atoms with van der Waals surface area (Å²) in [5.41, 5.74) is -1.16. The van der Waals surface area contributed by atoms with E-state index in [-0.39, 0.29) is 11.5 Å². The lowest BCUT2D eigenvalue weighted by atomic mass is 9.89. The minimum Gasteiger partial charge on any atom is -0.371 e. The molecule has 0 unspecified atom stereocenters. The van der Waals surface area contributed by atoms with Crippen molar-refractivity contribution < 1.29 is 22.7 Å². The van der Waals surface area contributed by atoms with Crippen LogP contribution in [0.4, 0.5) is 19.1 Å². The number of anilines is 1. The molecule has 0 bridgehead atoms. The number of nitrogens with zero attached hydrogens (tertiary/aromatic N) is 4. The Bertz CT molecular complexity index is 868. The van der Waals surface area contributed by atoms with E-state index in [1.54, 1.807) is 23.4 Å². The standard InChI is InChI=1S/C20H21F3N4O2/c21-20(22,23)16-4-1-3-15(13-16)17(28)26-9-5-19(6-10-26)14-27(11-12-29-19)18-24-7-2-8-25-18/h1-4,7-8,13H,5-6,9-12,14H2. The molecule has 29 heavy (non-hydrogen) atoms. The summed E-state index contributed by atoms with van der Waals surface area (Å²) in [5, 5.41) is 0. The summed E-state index contributed by atoms with van der Waals surface area (Å²) < 4.78 is 44.9. The number of hydrogen-bond acceptors (Lipinski definition) is 5. The van der Waals surface area contributed by atoms with Crippen LogP contribution in [0.5, 0.6) is 0 Å². The van der Waals surface area contributed by atoms with Crippen LogP contribution in [-0.2, 0) is 10.9 Å². The number of aromatic nitrogens is 2. The molecular weight excluding hydrogens is 385 g/mol. The van der Waals surface area contributed by atoms with E-state index in [0.29, 0.717) is 51.6 Å². The lowest BCUT2D eigenvalue weighted by Gasteiger charge is -2.47. The first-order valence-corrected chi connectivity index (χ1v) is 9.49. The number of hydrogen-bond donors (Lipinski definition) is 0. The van der Waals surface area contributed by atoms with Crippen molar-refractivity contribution in [3.8, 4) is 0 Å². The molecule has 1 aromatic heterocycles. The van der Waals surface area contributed by atoms with Gasteiger partial charge in [0.1, 0.15) is 0 Å². The first-order chi connectivity index (χ1) is 13.9. The van der Waals surface area contributed by atoms with Gasteiger partial charge in [-0.1, -0.05) is 6.07 Å². The van der Waals surface area contributed by atoms with Crippen molar-refractivity contribution >= 4 is 11.9 Å². The number of carbonyl (C=O) groups excluding carboxylic acids is 1. The average Bonchev–Trinajstić information content (AvgIpc) is 2.74. The molecule has 0 saturated carbocycles. The molecule has 2 aliphatic heterocycles. The van der Waals surface area contributed by atoms with Gasteiger partial charge in [-0.15, -0.1) is 0 Å². The molecule has 0 radical (unpaired) electrons.